The van der Waals surface area contributed by atoms with Gasteiger partial charge < -0.3 is 15.5 Å². The van der Waals surface area contributed by atoms with Gasteiger partial charge in [0, 0.05) is 11.8 Å². The second-order valence-electron chi connectivity index (χ2n) is 4.65. The molecule has 2 aromatic carbocycles. The van der Waals surface area contributed by atoms with Crippen molar-refractivity contribution in [2.75, 3.05) is 5.32 Å². The highest BCUT2D eigenvalue weighted by molar-refractivity contribution is 6.01. The minimum atomic E-state index is -4.43. The number of halogens is 3. The van der Waals surface area contributed by atoms with E-state index in [1.807, 2.05) is 0 Å². The summed E-state index contributed by atoms with van der Waals surface area (Å²) in [5.74, 6) is -1.15. The Morgan fingerprint density at radius 2 is 1.65 bits per heavy atom. The lowest BCUT2D eigenvalue weighted by Gasteiger charge is -2.07. The number of anilines is 1. The maximum absolute atomic E-state index is 12.4. The summed E-state index contributed by atoms with van der Waals surface area (Å²) in [5.41, 5.74) is -0.102. The van der Waals surface area contributed by atoms with Crippen molar-refractivity contribution in [3.8, 4) is 11.5 Å². The number of phenolic OH excluding ortho intramolecular Hbond substituents is 2. The van der Waals surface area contributed by atoms with Gasteiger partial charge in [-0.3, -0.25) is 4.79 Å². The van der Waals surface area contributed by atoms with Crippen LogP contribution in [0.5, 0.6) is 11.5 Å². The first kappa shape index (κ1) is 16.4. The Kier molecular flexibility index (Phi) is 4.59. The number of nitrogens with one attached hydrogen (secondary N) is 1. The van der Waals surface area contributed by atoms with Crippen LogP contribution in [-0.4, -0.2) is 16.1 Å². The molecule has 2 rings (SSSR count). The third-order valence-electron chi connectivity index (χ3n) is 2.91. The Balaban J connectivity index is 2.01. The number of benzene rings is 2. The maximum Gasteiger partial charge on any atom is 0.416 e. The van der Waals surface area contributed by atoms with Crippen molar-refractivity contribution in [1.29, 1.82) is 0 Å². The number of alkyl halides is 3. The van der Waals surface area contributed by atoms with Crippen LogP contribution in [0.1, 0.15) is 11.1 Å². The van der Waals surface area contributed by atoms with Gasteiger partial charge in [-0.05, 0) is 48.0 Å². The van der Waals surface area contributed by atoms with Crippen LogP contribution >= 0.6 is 0 Å². The Morgan fingerprint density at radius 1 is 1.00 bits per heavy atom. The van der Waals surface area contributed by atoms with Crippen molar-refractivity contribution in [2.24, 2.45) is 0 Å². The van der Waals surface area contributed by atoms with Gasteiger partial charge >= 0.3 is 6.18 Å². The van der Waals surface area contributed by atoms with Gasteiger partial charge in [-0.1, -0.05) is 6.07 Å². The largest absolute Gasteiger partial charge is 0.504 e. The van der Waals surface area contributed by atoms with E-state index in [1.165, 1.54) is 24.3 Å². The van der Waals surface area contributed by atoms with Crippen molar-refractivity contribution >= 4 is 17.7 Å². The van der Waals surface area contributed by atoms with Gasteiger partial charge in [-0.2, -0.15) is 13.2 Å². The van der Waals surface area contributed by atoms with E-state index in [-0.39, 0.29) is 17.2 Å². The summed E-state index contributed by atoms with van der Waals surface area (Å²) in [6, 6.07) is 8.06. The molecule has 0 atom stereocenters. The zero-order valence-corrected chi connectivity index (χ0v) is 11.6. The van der Waals surface area contributed by atoms with Crippen molar-refractivity contribution in [2.45, 2.75) is 6.18 Å². The Labute approximate surface area is 129 Å². The van der Waals surface area contributed by atoms with Crippen LogP contribution in [0.15, 0.2) is 48.5 Å². The summed E-state index contributed by atoms with van der Waals surface area (Å²) in [6.45, 7) is 0. The summed E-state index contributed by atoms with van der Waals surface area (Å²) in [4.78, 5) is 11.7. The minimum absolute atomic E-state index is 0.223. The monoisotopic (exact) mass is 323 g/mol. The van der Waals surface area contributed by atoms with Gasteiger partial charge in [0.05, 0.1) is 5.56 Å². The fourth-order valence-corrected chi connectivity index (χ4v) is 1.74. The molecule has 0 heterocycles. The van der Waals surface area contributed by atoms with Crippen molar-refractivity contribution < 1.29 is 28.2 Å². The molecule has 0 saturated carbocycles. The van der Waals surface area contributed by atoms with E-state index in [9.17, 15) is 23.1 Å². The molecule has 0 fully saturated rings. The average molecular weight is 323 g/mol. The number of carbonyl (C=O) groups is 1. The topological polar surface area (TPSA) is 69.6 Å². The smallest absolute Gasteiger partial charge is 0.416 e. The number of hydrogen-bond acceptors (Lipinski definition) is 3. The van der Waals surface area contributed by atoms with Gasteiger partial charge in [0.25, 0.3) is 0 Å². The van der Waals surface area contributed by atoms with Crippen LogP contribution in [0.3, 0.4) is 0 Å². The standard InChI is InChI=1S/C16H12F3NO3/c17-16(18,19)11-3-5-12(6-4-11)20-15(23)8-2-10-1-7-13(21)14(22)9-10/h1-9,21-22H,(H,20,23)/b8-2+. The van der Waals surface area contributed by atoms with Gasteiger partial charge in [0.1, 0.15) is 0 Å². The first-order valence-corrected chi connectivity index (χ1v) is 6.44. The normalized spacial score (nSPS) is 11.6. The molecule has 0 saturated heterocycles. The van der Waals surface area contributed by atoms with Gasteiger partial charge in [-0.15, -0.1) is 0 Å². The van der Waals surface area contributed by atoms with E-state index in [1.54, 1.807) is 0 Å². The number of rotatable bonds is 3. The lowest BCUT2D eigenvalue weighted by molar-refractivity contribution is -0.137. The third kappa shape index (κ3) is 4.50. The molecular formula is C16H12F3NO3. The number of hydrogen-bond donors (Lipinski definition) is 3. The second-order valence-corrected chi connectivity index (χ2v) is 4.65. The van der Waals surface area contributed by atoms with E-state index in [2.05, 4.69) is 5.32 Å². The number of aromatic hydroxyl groups is 2. The van der Waals surface area contributed by atoms with E-state index in [0.717, 1.165) is 30.3 Å². The summed E-state index contributed by atoms with van der Waals surface area (Å²) < 4.78 is 37.2. The molecule has 0 aliphatic heterocycles. The quantitative estimate of drug-likeness (QED) is 0.595. The molecule has 0 radical (unpaired) electrons. The fourth-order valence-electron chi connectivity index (χ4n) is 1.74. The summed E-state index contributed by atoms with van der Waals surface area (Å²) in [6.07, 6.45) is -1.88. The van der Waals surface area contributed by atoms with Crippen LogP contribution in [-0.2, 0) is 11.0 Å². The molecule has 4 nitrogen and oxygen atoms in total. The summed E-state index contributed by atoms with van der Waals surface area (Å²) in [5, 5.41) is 20.9. The van der Waals surface area contributed by atoms with E-state index in [4.69, 9.17) is 5.11 Å². The first-order valence-electron chi connectivity index (χ1n) is 6.44. The highest BCUT2D eigenvalue weighted by atomic mass is 19.4. The SMILES string of the molecule is O=C(/C=C/c1ccc(O)c(O)c1)Nc1ccc(C(F)(F)F)cc1. The molecule has 2 aromatic rings. The third-order valence-corrected chi connectivity index (χ3v) is 2.91. The molecule has 0 spiro atoms. The molecule has 0 aromatic heterocycles. The molecule has 1 amide bonds. The zero-order valence-electron chi connectivity index (χ0n) is 11.6. The van der Waals surface area contributed by atoms with Crippen molar-refractivity contribution in [3.63, 3.8) is 0 Å². The Bertz CT molecular complexity index is 737. The maximum atomic E-state index is 12.4. The lowest BCUT2D eigenvalue weighted by atomic mass is 10.2. The van der Waals surface area contributed by atoms with E-state index in [0.29, 0.717) is 5.56 Å². The van der Waals surface area contributed by atoms with Crippen LogP contribution in [0, 0.1) is 0 Å². The molecular weight excluding hydrogens is 311 g/mol. The number of carbonyl (C=O) groups excluding carboxylic acids is 1. The lowest BCUT2D eigenvalue weighted by Crippen LogP contribution is -2.09. The molecule has 7 heteroatoms. The van der Waals surface area contributed by atoms with Crippen LogP contribution in [0.25, 0.3) is 6.08 Å². The highest BCUT2D eigenvalue weighted by Gasteiger charge is 2.29. The van der Waals surface area contributed by atoms with E-state index < -0.39 is 17.6 Å². The molecule has 0 bridgehead atoms. The summed E-state index contributed by atoms with van der Waals surface area (Å²) >= 11 is 0. The number of amides is 1. The van der Waals surface area contributed by atoms with Crippen LogP contribution in [0.2, 0.25) is 0 Å². The Morgan fingerprint density at radius 3 is 2.22 bits per heavy atom. The van der Waals surface area contributed by atoms with Gasteiger partial charge in [-0.25, -0.2) is 0 Å². The minimum Gasteiger partial charge on any atom is -0.504 e. The molecule has 0 unspecified atom stereocenters. The predicted octanol–water partition coefficient (Wildman–Crippen LogP) is 3.77. The van der Waals surface area contributed by atoms with Gasteiger partial charge in [0.2, 0.25) is 5.91 Å². The van der Waals surface area contributed by atoms with E-state index >= 15 is 0 Å². The van der Waals surface area contributed by atoms with Gasteiger partial charge in [0.15, 0.2) is 11.5 Å². The highest BCUT2D eigenvalue weighted by Crippen LogP contribution is 2.29. The van der Waals surface area contributed by atoms with Crippen LogP contribution in [0.4, 0.5) is 18.9 Å². The number of phenols is 2. The second kappa shape index (κ2) is 6.43. The Hall–Kier alpha value is -2.96. The van der Waals surface area contributed by atoms with Crippen molar-refractivity contribution in [1.82, 2.24) is 0 Å². The summed E-state index contributed by atoms with van der Waals surface area (Å²) in [7, 11) is 0. The molecule has 3 N–H and O–H groups in total. The molecule has 23 heavy (non-hydrogen) atoms. The van der Waals surface area contributed by atoms with Crippen molar-refractivity contribution in [3.05, 3.63) is 59.7 Å². The molecule has 0 aliphatic carbocycles. The zero-order chi connectivity index (χ0) is 17.0. The van der Waals surface area contributed by atoms with Crippen LogP contribution < -0.4 is 5.32 Å². The molecule has 0 aliphatic rings. The fraction of sp³-hybridized carbons (Fsp3) is 0.0625. The molecule has 120 valence electrons. The average Bonchev–Trinajstić information content (AvgIpc) is 2.48. The first-order chi connectivity index (χ1) is 10.8. The predicted molar refractivity (Wildman–Crippen MR) is 78.9 cm³/mol.